The number of amides is 1. The fourth-order valence-electron chi connectivity index (χ4n) is 2.93. The largest absolute Gasteiger partial charge is 0.314 e. The van der Waals surface area contributed by atoms with Crippen molar-refractivity contribution in [2.45, 2.75) is 38.8 Å². The Hall–Kier alpha value is -2.35. The molecule has 1 unspecified atom stereocenters. The number of rotatable bonds is 1. The summed E-state index contributed by atoms with van der Waals surface area (Å²) in [5, 5.41) is 15.3. The molecular weight excluding hydrogens is 264 g/mol. The van der Waals surface area contributed by atoms with Gasteiger partial charge in [0.1, 0.15) is 12.2 Å². The Morgan fingerprint density at radius 3 is 2.71 bits per heavy atom. The van der Waals surface area contributed by atoms with Gasteiger partial charge < -0.3 is 4.90 Å². The normalized spacial score (nSPS) is 22.2. The zero-order valence-corrected chi connectivity index (χ0v) is 12.1. The van der Waals surface area contributed by atoms with Gasteiger partial charge in [-0.3, -0.25) is 4.79 Å². The molecule has 0 aromatic heterocycles. The van der Waals surface area contributed by atoms with Crippen LogP contribution in [0.25, 0.3) is 0 Å². The molecule has 1 fully saturated rings. The Morgan fingerprint density at radius 2 is 2.00 bits per heavy atom. The van der Waals surface area contributed by atoms with E-state index >= 15 is 0 Å². The lowest BCUT2D eigenvalue weighted by Crippen LogP contribution is -2.55. The van der Waals surface area contributed by atoms with Gasteiger partial charge in [0.05, 0.1) is 5.69 Å². The Labute approximate surface area is 124 Å². The third-order valence-corrected chi connectivity index (χ3v) is 4.08. The van der Waals surface area contributed by atoms with Gasteiger partial charge in [0, 0.05) is 6.54 Å². The highest BCUT2D eigenvalue weighted by Gasteiger charge is 2.37. The van der Waals surface area contributed by atoms with Gasteiger partial charge in [-0.05, 0) is 38.3 Å². The number of carbonyl (C=O) groups is 1. The SMILES string of the molecule is Cc1ccc(N2N=C(C#N)C(=O)N3CCCCCC32)cc1. The van der Waals surface area contributed by atoms with Crippen LogP contribution < -0.4 is 5.01 Å². The molecule has 3 rings (SSSR count). The summed E-state index contributed by atoms with van der Waals surface area (Å²) in [5.74, 6) is -0.229. The molecule has 0 bridgehead atoms. The summed E-state index contributed by atoms with van der Waals surface area (Å²) in [6, 6.07) is 9.97. The molecule has 1 atom stereocenters. The zero-order chi connectivity index (χ0) is 14.8. The lowest BCUT2D eigenvalue weighted by atomic mass is 10.1. The van der Waals surface area contributed by atoms with E-state index in [0.717, 1.165) is 31.4 Å². The average Bonchev–Trinajstić information content (AvgIpc) is 2.75. The second-order valence-electron chi connectivity index (χ2n) is 5.57. The molecule has 2 aliphatic heterocycles. The number of nitriles is 1. The van der Waals surface area contributed by atoms with Crippen LogP contribution in [0, 0.1) is 18.3 Å². The molecule has 21 heavy (non-hydrogen) atoms. The summed E-state index contributed by atoms with van der Waals surface area (Å²) < 4.78 is 0. The van der Waals surface area contributed by atoms with Crippen molar-refractivity contribution in [3.8, 4) is 6.07 Å². The minimum Gasteiger partial charge on any atom is -0.314 e. The minimum absolute atomic E-state index is 0.0197. The number of hydrogen-bond acceptors (Lipinski definition) is 4. The van der Waals surface area contributed by atoms with Gasteiger partial charge in [0.25, 0.3) is 5.91 Å². The molecule has 0 spiro atoms. The van der Waals surface area contributed by atoms with Gasteiger partial charge in [-0.15, -0.1) is 0 Å². The predicted octanol–water partition coefficient (Wildman–Crippen LogP) is 2.42. The van der Waals surface area contributed by atoms with Crippen molar-refractivity contribution in [2.75, 3.05) is 11.6 Å². The standard InChI is InChI=1S/C16H18N4O/c1-12-6-8-13(9-7-12)20-15-5-3-2-4-10-19(15)16(21)14(11-17)18-20/h6-9,15H,2-5,10H2,1H3. The van der Waals surface area contributed by atoms with Crippen molar-refractivity contribution in [1.82, 2.24) is 4.90 Å². The van der Waals surface area contributed by atoms with Crippen LogP contribution in [0.15, 0.2) is 29.4 Å². The van der Waals surface area contributed by atoms with Crippen LogP contribution in [0.2, 0.25) is 0 Å². The van der Waals surface area contributed by atoms with Crippen LogP contribution >= 0.6 is 0 Å². The van der Waals surface area contributed by atoms with Crippen LogP contribution in [-0.4, -0.2) is 29.2 Å². The number of aryl methyl sites for hydroxylation is 1. The molecule has 5 nitrogen and oxygen atoms in total. The predicted molar refractivity (Wildman–Crippen MR) is 80.7 cm³/mol. The molecule has 2 aliphatic rings. The van der Waals surface area contributed by atoms with Gasteiger partial charge >= 0.3 is 0 Å². The van der Waals surface area contributed by atoms with Gasteiger partial charge in [-0.2, -0.15) is 10.4 Å². The van der Waals surface area contributed by atoms with Crippen molar-refractivity contribution in [1.29, 1.82) is 5.26 Å². The van der Waals surface area contributed by atoms with Crippen molar-refractivity contribution < 1.29 is 4.79 Å². The maximum Gasteiger partial charge on any atom is 0.286 e. The molecule has 0 aliphatic carbocycles. The van der Waals surface area contributed by atoms with E-state index in [9.17, 15) is 10.1 Å². The third kappa shape index (κ3) is 2.49. The first-order valence-electron chi connectivity index (χ1n) is 7.36. The number of hydrazone groups is 1. The number of fused-ring (bicyclic) bond motifs is 1. The molecule has 1 amide bonds. The molecule has 108 valence electrons. The summed E-state index contributed by atoms with van der Waals surface area (Å²) in [5.41, 5.74) is 2.08. The minimum atomic E-state index is -0.229. The summed E-state index contributed by atoms with van der Waals surface area (Å²) in [4.78, 5) is 14.1. The number of nitrogens with zero attached hydrogens (tertiary/aromatic N) is 4. The van der Waals surface area contributed by atoms with Crippen LogP contribution in [0.4, 0.5) is 5.69 Å². The fourth-order valence-corrected chi connectivity index (χ4v) is 2.93. The van der Waals surface area contributed by atoms with Gasteiger partial charge in [-0.1, -0.05) is 24.1 Å². The smallest absolute Gasteiger partial charge is 0.286 e. The molecule has 0 saturated carbocycles. The third-order valence-electron chi connectivity index (χ3n) is 4.08. The summed E-state index contributed by atoms with van der Waals surface area (Å²) >= 11 is 0. The molecule has 0 N–H and O–H groups in total. The van der Waals surface area contributed by atoms with E-state index < -0.39 is 0 Å². The number of hydrogen-bond donors (Lipinski definition) is 0. The van der Waals surface area contributed by atoms with Crippen LogP contribution in [0.1, 0.15) is 31.2 Å². The van der Waals surface area contributed by atoms with Crippen LogP contribution in [-0.2, 0) is 4.79 Å². The van der Waals surface area contributed by atoms with Crippen LogP contribution in [0.3, 0.4) is 0 Å². The number of anilines is 1. The zero-order valence-electron chi connectivity index (χ0n) is 12.1. The van der Waals surface area contributed by atoms with Gasteiger partial charge in [0.15, 0.2) is 0 Å². The first-order valence-corrected chi connectivity index (χ1v) is 7.36. The van der Waals surface area contributed by atoms with Crippen LogP contribution in [0.5, 0.6) is 0 Å². The molecule has 1 saturated heterocycles. The van der Waals surface area contributed by atoms with E-state index in [1.54, 1.807) is 4.90 Å². The summed E-state index contributed by atoms with van der Waals surface area (Å²) in [6.07, 6.45) is 4.00. The Balaban J connectivity index is 2.03. The fraction of sp³-hybridized carbons (Fsp3) is 0.438. The van der Waals surface area contributed by atoms with E-state index in [0.29, 0.717) is 6.54 Å². The van der Waals surface area contributed by atoms with Crippen molar-refractivity contribution in [3.05, 3.63) is 29.8 Å². The molecular formula is C16H18N4O. The maximum atomic E-state index is 12.3. The van der Waals surface area contributed by atoms with E-state index in [1.165, 1.54) is 5.56 Å². The first kappa shape index (κ1) is 13.6. The Morgan fingerprint density at radius 1 is 1.24 bits per heavy atom. The highest BCUT2D eigenvalue weighted by Crippen LogP contribution is 2.29. The highest BCUT2D eigenvalue weighted by molar-refractivity contribution is 6.45. The lowest BCUT2D eigenvalue weighted by Gasteiger charge is -2.40. The van der Waals surface area contributed by atoms with Crippen molar-refractivity contribution >= 4 is 17.3 Å². The van der Waals surface area contributed by atoms with Crippen molar-refractivity contribution in [3.63, 3.8) is 0 Å². The van der Waals surface area contributed by atoms with Crippen molar-refractivity contribution in [2.24, 2.45) is 5.10 Å². The van der Waals surface area contributed by atoms with E-state index in [1.807, 2.05) is 42.3 Å². The monoisotopic (exact) mass is 282 g/mol. The number of carbonyl (C=O) groups excluding carboxylic acids is 1. The first-order chi connectivity index (χ1) is 10.2. The molecule has 1 aromatic carbocycles. The second-order valence-corrected chi connectivity index (χ2v) is 5.57. The maximum absolute atomic E-state index is 12.3. The molecule has 0 radical (unpaired) electrons. The molecule has 1 aromatic rings. The number of benzene rings is 1. The average molecular weight is 282 g/mol. The van der Waals surface area contributed by atoms with Gasteiger partial charge in [-0.25, -0.2) is 5.01 Å². The van der Waals surface area contributed by atoms with Gasteiger partial charge in [0.2, 0.25) is 5.71 Å². The van der Waals surface area contributed by atoms with E-state index in [2.05, 4.69) is 5.10 Å². The van der Waals surface area contributed by atoms with E-state index in [4.69, 9.17) is 0 Å². The van der Waals surface area contributed by atoms with E-state index in [-0.39, 0.29) is 17.8 Å². The lowest BCUT2D eigenvalue weighted by molar-refractivity contribution is -0.126. The molecule has 5 heteroatoms. The molecule has 2 heterocycles. The summed E-state index contributed by atoms with van der Waals surface area (Å²) in [6.45, 7) is 2.73. The Bertz CT molecular complexity index is 614. The quantitative estimate of drug-likeness (QED) is 0.794. The highest BCUT2D eigenvalue weighted by atomic mass is 16.2. The summed E-state index contributed by atoms with van der Waals surface area (Å²) in [7, 11) is 0. The Kier molecular flexibility index (Phi) is 3.61. The second kappa shape index (κ2) is 5.57. The topological polar surface area (TPSA) is 59.7 Å².